The lowest BCUT2D eigenvalue weighted by Gasteiger charge is -2.35. The van der Waals surface area contributed by atoms with E-state index in [0.29, 0.717) is 35.4 Å². The van der Waals surface area contributed by atoms with Gasteiger partial charge in [0.2, 0.25) is 18.1 Å². The summed E-state index contributed by atoms with van der Waals surface area (Å²) in [6.07, 6.45) is 5.21. The lowest BCUT2D eigenvalue weighted by atomic mass is 9.91. The van der Waals surface area contributed by atoms with Gasteiger partial charge in [0.25, 0.3) is 0 Å². The molecule has 0 saturated carbocycles. The van der Waals surface area contributed by atoms with Gasteiger partial charge in [-0.15, -0.1) is 0 Å². The number of aromatic amines is 1. The van der Waals surface area contributed by atoms with Crippen molar-refractivity contribution in [1.82, 2.24) is 25.3 Å². The molecule has 3 aliphatic heterocycles. The number of nitrogens with zero attached hydrogens (tertiary/aromatic N) is 4. The zero-order valence-electron chi connectivity index (χ0n) is 22.0. The standard InChI is InChI=1S/C28H33FN6O4/c1-28(26(36)31-15-20-5-4-14-37-20)16-38-25(39-17-28)24-33-22(18-6-8-19(29)9-7-18)23(34-24)21-10-11-30-27(32-21)35-12-2-3-13-35/h6-11,20,25H,2-5,12-17H2,1H3,(H,31,36)(H,33,34). The summed E-state index contributed by atoms with van der Waals surface area (Å²) in [5.41, 5.74) is 1.82. The second-order valence-corrected chi connectivity index (χ2v) is 10.6. The number of benzene rings is 1. The third-order valence-corrected chi connectivity index (χ3v) is 7.52. The van der Waals surface area contributed by atoms with Gasteiger partial charge < -0.3 is 29.4 Å². The zero-order chi connectivity index (χ0) is 26.8. The van der Waals surface area contributed by atoms with E-state index in [2.05, 4.69) is 20.2 Å². The van der Waals surface area contributed by atoms with E-state index in [1.807, 2.05) is 13.0 Å². The molecule has 0 aliphatic carbocycles. The van der Waals surface area contributed by atoms with Crippen molar-refractivity contribution in [3.8, 4) is 22.6 Å². The maximum Gasteiger partial charge on any atom is 0.230 e. The molecule has 1 unspecified atom stereocenters. The Morgan fingerprint density at radius 3 is 2.59 bits per heavy atom. The van der Waals surface area contributed by atoms with Crippen molar-refractivity contribution in [2.24, 2.45) is 5.41 Å². The minimum Gasteiger partial charge on any atom is -0.376 e. The summed E-state index contributed by atoms with van der Waals surface area (Å²) in [6.45, 7) is 5.24. The number of carbonyl (C=O) groups is 1. The van der Waals surface area contributed by atoms with Crippen LogP contribution in [0.3, 0.4) is 0 Å². The second kappa shape index (κ2) is 11.0. The molecule has 3 aliphatic rings. The van der Waals surface area contributed by atoms with Crippen molar-refractivity contribution in [1.29, 1.82) is 0 Å². The van der Waals surface area contributed by atoms with Crippen molar-refractivity contribution in [2.75, 3.05) is 44.4 Å². The summed E-state index contributed by atoms with van der Waals surface area (Å²) in [6, 6.07) is 7.98. The smallest absolute Gasteiger partial charge is 0.230 e. The van der Waals surface area contributed by atoms with Crippen molar-refractivity contribution in [3.05, 3.63) is 48.2 Å². The van der Waals surface area contributed by atoms with Crippen molar-refractivity contribution in [2.45, 2.75) is 45.0 Å². The van der Waals surface area contributed by atoms with Crippen LogP contribution in [0.5, 0.6) is 0 Å². The van der Waals surface area contributed by atoms with Gasteiger partial charge >= 0.3 is 0 Å². The van der Waals surface area contributed by atoms with Gasteiger partial charge in [0.15, 0.2) is 5.82 Å². The highest BCUT2D eigenvalue weighted by Crippen LogP contribution is 2.36. The first-order chi connectivity index (χ1) is 19.0. The molecule has 3 aromatic rings. The number of rotatable bonds is 7. The molecule has 39 heavy (non-hydrogen) atoms. The molecule has 1 atom stereocenters. The molecule has 0 spiro atoms. The topological polar surface area (TPSA) is 114 Å². The number of imidazole rings is 1. The van der Waals surface area contributed by atoms with Gasteiger partial charge in [-0.3, -0.25) is 4.79 Å². The maximum atomic E-state index is 13.7. The Balaban J connectivity index is 1.23. The van der Waals surface area contributed by atoms with Crippen LogP contribution in [0, 0.1) is 11.2 Å². The van der Waals surface area contributed by atoms with Crippen LogP contribution in [0.15, 0.2) is 36.5 Å². The first-order valence-corrected chi connectivity index (χ1v) is 13.6. The SMILES string of the molecule is CC1(C(=O)NCC2CCCO2)COC(c2nc(-c3ccc(F)cc3)c(-c3ccnc(N4CCCC4)n3)[nH]2)OC1. The maximum absolute atomic E-state index is 13.7. The molecule has 0 bridgehead atoms. The number of nitrogens with one attached hydrogen (secondary N) is 2. The number of carbonyl (C=O) groups excluding carboxylic acids is 1. The van der Waals surface area contributed by atoms with Crippen molar-refractivity contribution < 1.29 is 23.4 Å². The molecule has 1 aromatic carbocycles. The summed E-state index contributed by atoms with van der Waals surface area (Å²) < 4.78 is 31.4. The van der Waals surface area contributed by atoms with Crippen LogP contribution in [-0.2, 0) is 19.0 Å². The van der Waals surface area contributed by atoms with E-state index < -0.39 is 11.7 Å². The van der Waals surface area contributed by atoms with Crippen molar-refractivity contribution in [3.63, 3.8) is 0 Å². The van der Waals surface area contributed by atoms with Gasteiger partial charge in [0.05, 0.1) is 41.8 Å². The monoisotopic (exact) mass is 536 g/mol. The fourth-order valence-corrected chi connectivity index (χ4v) is 5.19. The van der Waals surface area contributed by atoms with E-state index in [-0.39, 0.29) is 31.0 Å². The largest absolute Gasteiger partial charge is 0.376 e. The molecule has 1 amide bonds. The second-order valence-electron chi connectivity index (χ2n) is 10.6. The van der Waals surface area contributed by atoms with E-state index >= 15 is 0 Å². The van der Waals surface area contributed by atoms with E-state index in [4.69, 9.17) is 24.2 Å². The quantitative estimate of drug-likeness (QED) is 0.471. The molecule has 5 heterocycles. The molecule has 10 nitrogen and oxygen atoms in total. The predicted octanol–water partition coefficient (Wildman–Crippen LogP) is 3.62. The Kier molecular flexibility index (Phi) is 7.28. The molecule has 2 aromatic heterocycles. The molecule has 3 fully saturated rings. The fourth-order valence-electron chi connectivity index (χ4n) is 5.19. The van der Waals surface area contributed by atoms with Gasteiger partial charge in [0.1, 0.15) is 5.82 Å². The summed E-state index contributed by atoms with van der Waals surface area (Å²) >= 11 is 0. The average Bonchev–Trinajstić information content (AvgIpc) is 3.75. The lowest BCUT2D eigenvalue weighted by Crippen LogP contribution is -2.49. The number of hydrogen-bond donors (Lipinski definition) is 2. The predicted molar refractivity (Wildman–Crippen MR) is 141 cm³/mol. The Morgan fingerprint density at radius 1 is 1.10 bits per heavy atom. The van der Waals surface area contributed by atoms with Crippen LogP contribution in [0.4, 0.5) is 10.3 Å². The van der Waals surface area contributed by atoms with Crippen LogP contribution in [-0.4, -0.2) is 71.4 Å². The molecule has 206 valence electrons. The highest BCUT2D eigenvalue weighted by molar-refractivity contribution is 5.82. The molecule has 6 rings (SSSR count). The Labute approximate surface area is 226 Å². The molecule has 3 saturated heterocycles. The number of aromatic nitrogens is 4. The number of halogens is 1. The number of hydrogen-bond acceptors (Lipinski definition) is 8. The lowest BCUT2D eigenvalue weighted by molar-refractivity contribution is -0.231. The van der Waals surface area contributed by atoms with E-state index in [1.165, 1.54) is 12.1 Å². The van der Waals surface area contributed by atoms with Gasteiger partial charge in [-0.2, -0.15) is 0 Å². The van der Waals surface area contributed by atoms with Crippen molar-refractivity contribution >= 4 is 11.9 Å². The van der Waals surface area contributed by atoms with E-state index in [9.17, 15) is 9.18 Å². The summed E-state index contributed by atoms with van der Waals surface area (Å²) in [5.74, 6) is 0.665. The molecular formula is C28H33FN6O4. The third-order valence-electron chi connectivity index (χ3n) is 7.52. The normalized spacial score (nSPS) is 25.2. The summed E-state index contributed by atoms with van der Waals surface area (Å²) in [7, 11) is 0. The Morgan fingerprint density at radius 2 is 1.87 bits per heavy atom. The summed E-state index contributed by atoms with van der Waals surface area (Å²) in [5, 5.41) is 2.98. The van der Waals surface area contributed by atoms with Crippen LogP contribution in [0.2, 0.25) is 0 Å². The van der Waals surface area contributed by atoms with Gasteiger partial charge in [-0.1, -0.05) is 0 Å². The summed E-state index contributed by atoms with van der Waals surface area (Å²) in [4.78, 5) is 32.5. The minimum absolute atomic E-state index is 0.0647. The molecular weight excluding hydrogens is 503 g/mol. The Hall–Kier alpha value is -3.41. The highest BCUT2D eigenvalue weighted by atomic mass is 19.1. The number of H-pyrrole nitrogens is 1. The van der Waals surface area contributed by atoms with Crippen LogP contribution >= 0.6 is 0 Å². The Bertz CT molecular complexity index is 1300. The first-order valence-electron chi connectivity index (χ1n) is 13.6. The van der Waals surface area contributed by atoms with E-state index in [0.717, 1.165) is 50.9 Å². The first kappa shape index (κ1) is 25.8. The van der Waals surface area contributed by atoms with Gasteiger partial charge in [-0.05, 0) is 62.9 Å². The third kappa shape index (κ3) is 5.52. The molecule has 2 N–H and O–H groups in total. The number of ether oxygens (including phenoxy) is 3. The van der Waals surface area contributed by atoms with E-state index in [1.54, 1.807) is 18.3 Å². The number of amides is 1. The van der Waals surface area contributed by atoms with Gasteiger partial charge in [0, 0.05) is 38.0 Å². The molecule has 11 heteroatoms. The van der Waals surface area contributed by atoms with Crippen LogP contribution < -0.4 is 10.2 Å². The van der Waals surface area contributed by atoms with Gasteiger partial charge in [-0.25, -0.2) is 19.3 Å². The number of anilines is 1. The fraction of sp³-hybridized carbons (Fsp3) is 0.500. The van der Waals surface area contributed by atoms with Crippen LogP contribution in [0.1, 0.15) is 44.7 Å². The molecule has 0 radical (unpaired) electrons. The minimum atomic E-state index is -0.832. The zero-order valence-corrected chi connectivity index (χ0v) is 22.0. The average molecular weight is 537 g/mol. The highest BCUT2D eigenvalue weighted by Gasteiger charge is 2.41. The van der Waals surface area contributed by atoms with Crippen LogP contribution in [0.25, 0.3) is 22.6 Å².